The van der Waals surface area contributed by atoms with E-state index in [9.17, 15) is 13.2 Å². The smallest absolute Gasteiger partial charge is 0.238 e. The van der Waals surface area contributed by atoms with E-state index >= 15 is 0 Å². The Labute approximate surface area is 155 Å². The Morgan fingerprint density at radius 1 is 1.40 bits per heavy atom. The van der Waals surface area contributed by atoms with Crippen LogP contribution in [0.5, 0.6) is 0 Å². The number of carbonyl (C=O) groups excluding carboxylic acids is 1. The van der Waals surface area contributed by atoms with Crippen molar-refractivity contribution in [1.82, 2.24) is 14.5 Å². The molecule has 142 valence electrons. The molecule has 1 amide bonds. The van der Waals surface area contributed by atoms with Crippen molar-refractivity contribution in [3.63, 3.8) is 0 Å². The third-order valence-corrected chi connectivity index (χ3v) is 6.82. The molecule has 0 bridgehead atoms. The van der Waals surface area contributed by atoms with Gasteiger partial charge in [0, 0.05) is 13.1 Å². The van der Waals surface area contributed by atoms with Crippen molar-refractivity contribution >= 4 is 27.3 Å². The molecule has 25 heavy (non-hydrogen) atoms. The van der Waals surface area contributed by atoms with Crippen LogP contribution in [-0.4, -0.2) is 62.0 Å². The lowest BCUT2D eigenvalue weighted by Crippen LogP contribution is -2.52. The molecular weight excluding hydrogens is 358 g/mol. The highest BCUT2D eigenvalue weighted by Crippen LogP contribution is 2.23. The fraction of sp³-hybridized carbons (Fsp3) is 0.706. The molecule has 0 radical (unpaired) electrons. The normalized spacial score (nSPS) is 20.6. The summed E-state index contributed by atoms with van der Waals surface area (Å²) in [7, 11) is -3.36. The van der Waals surface area contributed by atoms with Gasteiger partial charge in [-0.25, -0.2) is 8.42 Å². The van der Waals surface area contributed by atoms with E-state index in [-0.39, 0.29) is 11.9 Å². The number of thiophene rings is 1. The molecule has 1 N–H and O–H groups in total. The highest BCUT2D eigenvalue weighted by molar-refractivity contribution is 7.88. The Hall–Kier alpha value is -0.960. The minimum Gasteiger partial charge on any atom is -0.353 e. The monoisotopic (exact) mass is 387 g/mol. The number of nitrogens with one attached hydrogen (secondary N) is 1. The summed E-state index contributed by atoms with van der Waals surface area (Å²) in [5.74, 6) is -0.183. The lowest BCUT2D eigenvalue weighted by Gasteiger charge is -2.34. The van der Waals surface area contributed by atoms with E-state index in [4.69, 9.17) is 0 Å². The highest BCUT2D eigenvalue weighted by Gasteiger charge is 2.34. The summed E-state index contributed by atoms with van der Waals surface area (Å²) in [5, 5.41) is 7.16. The van der Waals surface area contributed by atoms with Crippen LogP contribution < -0.4 is 5.32 Å². The van der Waals surface area contributed by atoms with Gasteiger partial charge in [0.1, 0.15) is 6.04 Å². The van der Waals surface area contributed by atoms with E-state index in [2.05, 4.69) is 35.5 Å². The van der Waals surface area contributed by atoms with Crippen molar-refractivity contribution in [2.45, 2.75) is 45.2 Å². The van der Waals surface area contributed by atoms with E-state index < -0.39 is 16.1 Å². The van der Waals surface area contributed by atoms with Crippen LogP contribution in [0.2, 0.25) is 0 Å². The maximum Gasteiger partial charge on any atom is 0.238 e. The van der Waals surface area contributed by atoms with Crippen LogP contribution in [0.1, 0.15) is 44.7 Å². The second kappa shape index (κ2) is 9.12. The van der Waals surface area contributed by atoms with E-state index in [0.29, 0.717) is 19.5 Å². The highest BCUT2D eigenvalue weighted by atomic mass is 32.2. The van der Waals surface area contributed by atoms with Crippen LogP contribution in [0, 0.1) is 0 Å². The van der Waals surface area contributed by atoms with Gasteiger partial charge in [-0.1, -0.05) is 20.3 Å². The minimum absolute atomic E-state index is 0.112. The Bertz CT molecular complexity index is 642. The summed E-state index contributed by atoms with van der Waals surface area (Å²) < 4.78 is 25.3. The Morgan fingerprint density at radius 2 is 2.12 bits per heavy atom. The number of sulfonamides is 1. The van der Waals surface area contributed by atoms with Crippen LogP contribution in [0.25, 0.3) is 0 Å². The van der Waals surface area contributed by atoms with Crippen LogP contribution in [0.4, 0.5) is 0 Å². The van der Waals surface area contributed by atoms with Crippen molar-refractivity contribution in [3.05, 3.63) is 22.4 Å². The molecule has 2 heterocycles. The molecule has 1 aliphatic rings. The Kier molecular flexibility index (Phi) is 7.42. The average Bonchev–Trinajstić information content (AvgIpc) is 3.11. The first-order valence-electron chi connectivity index (χ1n) is 8.89. The summed E-state index contributed by atoms with van der Waals surface area (Å²) in [5.41, 5.74) is 1.19. The number of hydrogen-bond acceptors (Lipinski definition) is 5. The predicted octanol–water partition coefficient (Wildman–Crippen LogP) is 2.06. The number of nitrogens with zero attached hydrogens (tertiary/aromatic N) is 2. The number of carbonyl (C=O) groups is 1. The maximum absolute atomic E-state index is 12.7. The largest absolute Gasteiger partial charge is 0.353 e. The third kappa shape index (κ3) is 5.26. The molecule has 1 aromatic rings. The summed E-state index contributed by atoms with van der Waals surface area (Å²) in [6.07, 6.45) is 3.47. The maximum atomic E-state index is 12.7. The van der Waals surface area contributed by atoms with Gasteiger partial charge in [-0.3, -0.25) is 9.69 Å². The molecular formula is C17H29N3O3S2. The summed E-state index contributed by atoms with van der Waals surface area (Å²) in [6, 6.07) is 1.62. The fourth-order valence-electron chi connectivity index (χ4n) is 3.47. The standard InChI is InChI=1S/C17H29N3O3S2/c1-4-19(5-2)16(14-9-11-24-13-14)12-18-17(21)15-8-6-7-10-20(15)25(3,22)23/h9,11,13,15-16H,4-8,10,12H2,1-3H3,(H,18,21)/t15-,16-/m0/s1. The Morgan fingerprint density at radius 3 is 2.68 bits per heavy atom. The molecule has 0 saturated carbocycles. The minimum atomic E-state index is -3.36. The van der Waals surface area contributed by atoms with Crippen LogP contribution in [0.3, 0.4) is 0 Å². The second-order valence-electron chi connectivity index (χ2n) is 6.42. The van der Waals surface area contributed by atoms with Crippen molar-refractivity contribution in [3.8, 4) is 0 Å². The number of amides is 1. The van der Waals surface area contributed by atoms with Gasteiger partial charge >= 0.3 is 0 Å². The van der Waals surface area contributed by atoms with Crippen LogP contribution in [-0.2, 0) is 14.8 Å². The zero-order valence-electron chi connectivity index (χ0n) is 15.3. The quantitative estimate of drug-likeness (QED) is 0.741. The molecule has 0 aromatic carbocycles. The van der Waals surface area contributed by atoms with E-state index in [0.717, 1.165) is 25.9 Å². The zero-order valence-corrected chi connectivity index (χ0v) is 16.9. The number of likely N-dealkylation sites (N-methyl/N-ethyl adjacent to an activating group) is 1. The number of hydrogen-bond donors (Lipinski definition) is 1. The SMILES string of the molecule is CCN(CC)[C@@H](CNC(=O)[C@@H]1CCCCN1S(C)(=O)=O)c1ccsc1. The number of piperidine rings is 1. The van der Waals surface area contributed by atoms with Crippen molar-refractivity contribution in [2.24, 2.45) is 0 Å². The van der Waals surface area contributed by atoms with E-state index in [1.54, 1.807) is 11.3 Å². The zero-order chi connectivity index (χ0) is 18.4. The topological polar surface area (TPSA) is 69.7 Å². The van der Waals surface area contributed by atoms with Gasteiger partial charge in [0.15, 0.2) is 0 Å². The molecule has 0 spiro atoms. The molecule has 2 atom stereocenters. The molecule has 8 heteroatoms. The average molecular weight is 388 g/mol. The van der Waals surface area contributed by atoms with E-state index in [1.807, 2.05) is 5.38 Å². The van der Waals surface area contributed by atoms with Crippen LogP contribution in [0.15, 0.2) is 16.8 Å². The number of rotatable bonds is 8. The van der Waals surface area contributed by atoms with Crippen molar-refractivity contribution < 1.29 is 13.2 Å². The van der Waals surface area contributed by atoms with Gasteiger partial charge in [0.25, 0.3) is 0 Å². The molecule has 1 aliphatic heterocycles. The second-order valence-corrected chi connectivity index (χ2v) is 9.14. The molecule has 6 nitrogen and oxygen atoms in total. The van der Waals surface area contributed by atoms with Crippen molar-refractivity contribution in [1.29, 1.82) is 0 Å². The van der Waals surface area contributed by atoms with Gasteiger partial charge in [-0.05, 0) is 48.3 Å². The van der Waals surface area contributed by atoms with Gasteiger partial charge < -0.3 is 5.32 Å². The molecule has 2 rings (SSSR count). The fourth-order valence-corrected chi connectivity index (χ4v) is 5.30. The lowest BCUT2D eigenvalue weighted by atomic mass is 10.0. The first kappa shape index (κ1) is 20.4. The first-order valence-corrected chi connectivity index (χ1v) is 11.7. The lowest BCUT2D eigenvalue weighted by molar-refractivity contribution is -0.126. The molecule has 1 saturated heterocycles. The molecule has 1 aromatic heterocycles. The third-order valence-electron chi connectivity index (χ3n) is 4.83. The van der Waals surface area contributed by atoms with Gasteiger partial charge in [-0.2, -0.15) is 15.6 Å². The van der Waals surface area contributed by atoms with Gasteiger partial charge in [0.05, 0.1) is 12.3 Å². The summed E-state index contributed by atoms with van der Waals surface area (Å²) >= 11 is 1.65. The predicted molar refractivity (Wildman–Crippen MR) is 102 cm³/mol. The molecule has 1 fully saturated rings. The molecule has 0 unspecified atom stereocenters. The summed E-state index contributed by atoms with van der Waals surface area (Å²) in [6.45, 7) is 6.93. The van der Waals surface area contributed by atoms with E-state index in [1.165, 1.54) is 16.1 Å². The first-order chi connectivity index (χ1) is 11.9. The van der Waals surface area contributed by atoms with Crippen molar-refractivity contribution in [2.75, 3.05) is 32.4 Å². The molecule has 0 aliphatic carbocycles. The van der Waals surface area contributed by atoms with Gasteiger partial charge in [0.2, 0.25) is 15.9 Å². The Balaban J connectivity index is 2.07. The summed E-state index contributed by atoms with van der Waals surface area (Å²) in [4.78, 5) is 15.0. The van der Waals surface area contributed by atoms with Gasteiger partial charge in [-0.15, -0.1) is 0 Å². The van der Waals surface area contributed by atoms with Crippen LogP contribution >= 0.6 is 11.3 Å².